The third-order valence-electron chi connectivity index (χ3n) is 3.79. The van der Waals surface area contributed by atoms with Gasteiger partial charge in [0.15, 0.2) is 0 Å². The maximum absolute atomic E-state index is 11.9. The molecule has 6 heteroatoms. The van der Waals surface area contributed by atoms with Gasteiger partial charge in [-0.2, -0.15) is 5.10 Å². The number of para-hydroxylation sites is 1. The molecule has 0 radical (unpaired) electrons. The molecule has 0 aliphatic heterocycles. The molecule has 0 aliphatic rings. The lowest BCUT2D eigenvalue weighted by atomic mass is 10.1. The molecule has 0 saturated heterocycles. The number of nitrogens with one attached hydrogen (secondary N) is 2. The maximum Gasteiger partial charge on any atom is 0.220 e. The highest BCUT2D eigenvalue weighted by atomic mass is 79.9. The smallest absolute Gasteiger partial charge is 0.220 e. The van der Waals surface area contributed by atoms with Gasteiger partial charge in [0, 0.05) is 36.3 Å². The highest BCUT2D eigenvalue weighted by Gasteiger charge is 2.05. The third-order valence-corrected chi connectivity index (χ3v) is 4.20. The average Bonchev–Trinajstić information content (AvgIpc) is 3.14. The van der Waals surface area contributed by atoms with Crippen molar-refractivity contribution in [1.82, 2.24) is 20.1 Å². The minimum atomic E-state index is 0.0936. The van der Waals surface area contributed by atoms with Crippen LogP contribution < -0.4 is 5.32 Å². The zero-order valence-corrected chi connectivity index (χ0v) is 14.3. The van der Waals surface area contributed by atoms with Gasteiger partial charge in [-0.05, 0) is 40.4 Å². The van der Waals surface area contributed by atoms with E-state index in [1.165, 1.54) is 10.9 Å². The van der Waals surface area contributed by atoms with Gasteiger partial charge in [0.1, 0.15) is 0 Å². The predicted octanol–water partition coefficient (Wildman–Crippen LogP) is 3.27. The fourth-order valence-corrected chi connectivity index (χ4v) is 2.96. The van der Waals surface area contributed by atoms with Gasteiger partial charge in [-0.15, -0.1) is 0 Å². The van der Waals surface area contributed by atoms with E-state index in [0.717, 1.165) is 22.8 Å². The van der Waals surface area contributed by atoms with Crippen LogP contribution in [0, 0.1) is 0 Å². The zero-order valence-electron chi connectivity index (χ0n) is 12.8. The van der Waals surface area contributed by atoms with Crippen molar-refractivity contribution in [1.29, 1.82) is 0 Å². The largest absolute Gasteiger partial charge is 0.361 e. The van der Waals surface area contributed by atoms with Crippen LogP contribution in [-0.2, 0) is 17.8 Å². The molecule has 0 fully saturated rings. The number of aryl methyl sites for hydroxylation is 1. The van der Waals surface area contributed by atoms with Crippen LogP contribution in [0.1, 0.15) is 18.4 Å². The summed E-state index contributed by atoms with van der Waals surface area (Å²) in [6.07, 6.45) is 7.97. The van der Waals surface area contributed by atoms with E-state index in [4.69, 9.17) is 0 Å². The lowest BCUT2D eigenvalue weighted by Crippen LogP contribution is -2.27. The van der Waals surface area contributed by atoms with Gasteiger partial charge >= 0.3 is 0 Å². The molecule has 2 N–H and O–H groups in total. The number of halogens is 1. The van der Waals surface area contributed by atoms with E-state index in [0.29, 0.717) is 19.5 Å². The SMILES string of the molecule is O=C(CCCc1c[nH]c2ccccc12)NCCn1cc(Br)cn1. The molecule has 1 aromatic carbocycles. The van der Waals surface area contributed by atoms with E-state index in [2.05, 4.69) is 43.5 Å². The monoisotopic (exact) mass is 374 g/mol. The Hall–Kier alpha value is -2.08. The fraction of sp³-hybridized carbons (Fsp3) is 0.294. The topological polar surface area (TPSA) is 62.7 Å². The Bertz CT molecular complexity index is 793. The third kappa shape index (κ3) is 4.22. The molecule has 0 atom stereocenters. The van der Waals surface area contributed by atoms with Crippen LogP contribution in [0.15, 0.2) is 47.3 Å². The summed E-state index contributed by atoms with van der Waals surface area (Å²) >= 11 is 3.35. The average molecular weight is 375 g/mol. The number of nitrogens with zero attached hydrogens (tertiary/aromatic N) is 2. The Morgan fingerprint density at radius 2 is 2.22 bits per heavy atom. The number of aromatic nitrogens is 3. The van der Waals surface area contributed by atoms with E-state index in [-0.39, 0.29) is 5.91 Å². The van der Waals surface area contributed by atoms with Crippen LogP contribution in [0.5, 0.6) is 0 Å². The van der Waals surface area contributed by atoms with Crippen molar-refractivity contribution in [2.24, 2.45) is 0 Å². The molecule has 0 bridgehead atoms. The van der Waals surface area contributed by atoms with Gasteiger partial charge in [-0.1, -0.05) is 18.2 Å². The minimum Gasteiger partial charge on any atom is -0.361 e. The normalized spacial score (nSPS) is 11.0. The fourth-order valence-electron chi connectivity index (χ4n) is 2.64. The van der Waals surface area contributed by atoms with E-state index >= 15 is 0 Å². The van der Waals surface area contributed by atoms with E-state index in [9.17, 15) is 4.79 Å². The molecule has 5 nitrogen and oxygen atoms in total. The number of rotatable bonds is 7. The van der Waals surface area contributed by atoms with Gasteiger partial charge in [-0.25, -0.2) is 0 Å². The first-order chi connectivity index (χ1) is 11.2. The minimum absolute atomic E-state index is 0.0936. The first-order valence-electron chi connectivity index (χ1n) is 7.72. The van der Waals surface area contributed by atoms with Crippen molar-refractivity contribution in [2.45, 2.75) is 25.8 Å². The second-order valence-electron chi connectivity index (χ2n) is 5.48. The summed E-state index contributed by atoms with van der Waals surface area (Å²) in [6.45, 7) is 1.28. The Labute approximate surface area is 143 Å². The first-order valence-corrected chi connectivity index (χ1v) is 8.51. The Kier molecular flexibility index (Phi) is 5.12. The highest BCUT2D eigenvalue weighted by molar-refractivity contribution is 9.10. The van der Waals surface area contributed by atoms with Gasteiger partial charge in [0.05, 0.1) is 17.2 Å². The number of amides is 1. The van der Waals surface area contributed by atoms with E-state index < -0.39 is 0 Å². The molecule has 120 valence electrons. The zero-order chi connectivity index (χ0) is 16.1. The summed E-state index contributed by atoms with van der Waals surface area (Å²) in [5, 5.41) is 8.33. The maximum atomic E-state index is 11.9. The Morgan fingerprint density at radius 3 is 3.04 bits per heavy atom. The van der Waals surface area contributed by atoms with Gasteiger partial charge in [0.2, 0.25) is 5.91 Å². The number of H-pyrrole nitrogens is 1. The molecule has 0 saturated carbocycles. The van der Waals surface area contributed by atoms with Gasteiger partial charge in [0.25, 0.3) is 0 Å². The number of aromatic amines is 1. The molecule has 3 rings (SSSR count). The van der Waals surface area contributed by atoms with Crippen molar-refractivity contribution in [3.05, 3.63) is 52.9 Å². The number of hydrogen-bond donors (Lipinski definition) is 2. The molecule has 0 spiro atoms. The van der Waals surface area contributed by atoms with Crippen LogP contribution in [0.25, 0.3) is 10.9 Å². The van der Waals surface area contributed by atoms with Gasteiger partial charge in [-0.3, -0.25) is 9.48 Å². The first kappa shape index (κ1) is 15.8. The summed E-state index contributed by atoms with van der Waals surface area (Å²) in [6, 6.07) is 8.25. The summed E-state index contributed by atoms with van der Waals surface area (Å²) < 4.78 is 2.75. The lowest BCUT2D eigenvalue weighted by molar-refractivity contribution is -0.121. The highest BCUT2D eigenvalue weighted by Crippen LogP contribution is 2.19. The quantitative estimate of drug-likeness (QED) is 0.666. The summed E-state index contributed by atoms with van der Waals surface area (Å²) in [5.41, 5.74) is 2.42. The number of carbonyl (C=O) groups excluding carboxylic acids is 1. The van der Waals surface area contributed by atoms with Crippen LogP contribution in [0.4, 0.5) is 0 Å². The molecule has 23 heavy (non-hydrogen) atoms. The molecular formula is C17H19BrN4O. The Morgan fingerprint density at radius 1 is 1.35 bits per heavy atom. The number of fused-ring (bicyclic) bond motifs is 1. The Balaban J connectivity index is 1.39. The number of hydrogen-bond acceptors (Lipinski definition) is 2. The van der Waals surface area contributed by atoms with E-state index in [1.54, 1.807) is 10.9 Å². The van der Waals surface area contributed by atoms with Crippen molar-refractivity contribution in [3.63, 3.8) is 0 Å². The molecular weight excluding hydrogens is 356 g/mol. The van der Waals surface area contributed by atoms with Crippen LogP contribution in [0.3, 0.4) is 0 Å². The molecule has 3 aromatic rings. The number of carbonyl (C=O) groups is 1. The predicted molar refractivity (Wildman–Crippen MR) is 94.2 cm³/mol. The molecule has 2 aromatic heterocycles. The van der Waals surface area contributed by atoms with Crippen LogP contribution in [-0.4, -0.2) is 27.2 Å². The van der Waals surface area contributed by atoms with Crippen molar-refractivity contribution < 1.29 is 4.79 Å². The van der Waals surface area contributed by atoms with Crippen molar-refractivity contribution in [2.75, 3.05) is 6.54 Å². The summed E-state index contributed by atoms with van der Waals surface area (Å²) in [5.74, 6) is 0.0936. The molecule has 2 heterocycles. The molecule has 0 aliphatic carbocycles. The van der Waals surface area contributed by atoms with Crippen LogP contribution in [0.2, 0.25) is 0 Å². The van der Waals surface area contributed by atoms with Crippen molar-refractivity contribution >= 4 is 32.7 Å². The number of benzene rings is 1. The van der Waals surface area contributed by atoms with Crippen molar-refractivity contribution in [3.8, 4) is 0 Å². The second kappa shape index (κ2) is 7.46. The standard InChI is InChI=1S/C17H19BrN4O/c18-14-11-21-22(12-14)9-8-19-17(23)7-3-4-13-10-20-16-6-2-1-5-15(13)16/h1-2,5-6,10-12,20H,3-4,7-9H2,(H,19,23). The van der Waals surface area contributed by atoms with Gasteiger partial charge < -0.3 is 10.3 Å². The summed E-state index contributed by atoms with van der Waals surface area (Å²) in [4.78, 5) is 15.1. The van der Waals surface area contributed by atoms with E-state index in [1.807, 2.05) is 24.5 Å². The lowest BCUT2D eigenvalue weighted by Gasteiger charge is -2.05. The molecule has 0 unspecified atom stereocenters. The van der Waals surface area contributed by atoms with Crippen LogP contribution >= 0.6 is 15.9 Å². The summed E-state index contributed by atoms with van der Waals surface area (Å²) in [7, 11) is 0. The second-order valence-corrected chi connectivity index (χ2v) is 6.40. The molecule has 1 amide bonds.